The molecule has 1 aliphatic heterocycles. The van der Waals surface area contributed by atoms with Crippen molar-refractivity contribution in [1.29, 1.82) is 0 Å². The maximum Gasteiger partial charge on any atom is 1.00 e. The van der Waals surface area contributed by atoms with Crippen molar-refractivity contribution in [3.05, 3.63) is 11.5 Å². The molecular formula is C6H9BF3KO. The van der Waals surface area contributed by atoms with Gasteiger partial charge < -0.3 is 17.7 Å². The van der Waals surface area contributed by atoms with Gasteiger partial charge in [0, 0.05) is 13.2 Å². The van der Waals surface area contributed by atoms with Crippen LogP contribution < -0.4 is 51.4 Å². The molecule has 1 rings (SSSR count). The molecule has 0 atom stereocenters. The summed E-state index contributed by atoms with van der Waals surface area (Å²) < 4.78 is 40.9. The normalized spacial score (nSPS) is 19.1. The summed E-state index contributed by atoms with van der Waals surface area (Å²) in [5.41, 5.74) is -0.484. The first kappa shape index (κ1) is 13.2. The summed E-state index contributed by atoms with van der Waals surface area (Å²) in [5.74, 6) is 0. The molecule has 0 unspecified atom stereocenters. The van der Waals surface area contributed by atoms with Gasteiger partial charge in [-0.15, -0.1) is 11.5 Å². The van der Waals surface area contributed by atoms with Crippen molar-refractivity contribution in [2.45, 2.75) is 12.8 Å². The Morgan fingerprint density at radius 3 is 2.58 bits per heavy atom. The average molecular weight is 204 g/mol. The van der Waals surface area contributed by atoms with Gasteiger partial charge in [-0.25, -0.2) is 0 Å². The Hall–Kier alpha value is 1.19. The van der Waals surface area contributed by atoms with Crippen LogP contribution >= 0.6 is 0 Å². The van der Waals surface area contributed by atoms with Gasteiger partial charge in [0.05, 0.1) is 0 Å². The van der Waals surface area contributed by atoms with E-state index in [2.05, 4.69) is 0 Å². The molecule has 0 saturated carbocycles. The number of allylic oxidation sites excluding steroid dienone is 1. The van der Waals surface area contributed by atoms with Gasteiger partial charge in [-0.2, -0.15) is 0 Å². The largest absolute Gasteiger partial charge is 1.00 e. The standard InChI is InChI=1S/C6H9BF3O.K/c8-7(9,10)6-3-1-2-4-11-5-6;/h3H,1-2,4-5H2;/q-1;+1. The monoisotopic (exact) mass is 204 g/mol. The second kappa shape index (κ2) is 5.82. The van der Waals surface area contributed by atoms with Crippen molar-refractivity contribution in [3.63, 3.8) is 0 Å². The van der Waals surface area contributed by atoms with E-state index in [1.807, 2.05) is 0 Å². The Labute approximate surface area is 112 Å². The van der Waals surface area contributed by atoms with E-state index in [1.54, 1.807) is 0 Å². The van der Waals surface area contributed by atoms with Crippen LogP contribution in [0, 0.1) is 0 Å². The molecule has 12 heavy (non-hydrogen) atoms. The zero-order valence-electron chi connectivity index (χ0n) is 7.03. The van der Waals surface area contributed by atoms with E-state index in [-0.39, 0.29) is 58.0 Å². The molecule has 6 heteroatoms. The molecule has 0 aromatic rings. The van der Waals surface area contributed by atoms with E-state index in [0.717, 1.165) is 0 Å². The number of ether oxygens (including phenoxy) is 1. The minimum atomic E-state index is -4.81. The fourth-order valence-corrected chi connectivity index (χ4v) is 0.950. The minimum Gasteiger partial charge on any atom is -0.445 e. The Balaban J connectivity index is 0.00000121. The first-order valence-electron chi connectivity index (χ1n) is 3.57. The average Bonchev–Trinajstić information content (AvgIpc) is 2.10. The number of halogens is 3. The summed E-state index contributed by atoms with van der Waals surface area (Å²) >= 11 is 0. The van der Waals surface area contributed by atoms with Crippen LogP contribution in [0.5, 0.6) is 0 Å². The van der Waals surface area contributed by atoms with Gasteiger partial charge in [0.15, 0.2) is 0 Å². The Bertz CT molecular complexity index is 169. The summed E-state index contributed by atoms with van der Waals surface area (Å²) in [6.07, 6.45) is 2.42. The van der Waals surface area contributed by atoms with E-state index in [9.17, 15) is 12.9 Å². The Kier molecular flexibility index (Phi) is 6.40. The third-order valence-electron chi connectivity index (χ3n) is 1.59. The van der Waals surface area contributed by atoms with Crippen molar-refractivity contribution >= 4 is 6.98 Å². The SMILES string of the molecule is F[B-](F)(F)C1=CCCCOC1.[K+]. The van der Waals surface area contributed by atoms with Gasteiger partial charge in [-0.3, -0.25) is 0 Å². The van der Waals surface area contributed by atoms with Crippen LogP contribution in [0.25, 0.3) is 0 Å². The van der Waals surface area contributed by atoms with Crippen LogP contribution in [0.3, 0.4) is 0 Å². The summed E-state index contributed by atoms with van der Waals surface area (Å²) in [6, 6.07) is 0. The Morgan fingerprint density at radius 2 is 2.00 bits per heavy atom. The fourth-order valence-electron chi connectivity index (χ4n) is 0.950. The van der Waals surface area contributed by atoms with E-state index in [4.69, 9.17) is 4.74 Å². The third-order valence-corrected chi connectivity index (χ3v) is 1.59. The molecule has 1 aliphatic rings. The number of hydrogen-bond donors (Lipinski definition) is 0. The fraction of sp³-hybridized carbons (Fsp3) is 0.667. The number of rotatable bonds is 1. The summed E-state index contributed by atoms with van der Waals surface area (Å²) in [6.45, 7) is -4.63. The topological polar surface area (TPSA) is 9.23 Å². The first-order chi connectivity index (χ1) is 5.11. The molecule has 64 valence electrons. The van der Waals surface area contributed by atoms with Crippen molar-refractivity contribution in [2.75, 3.05) is 13.2 Å². The molecule has 0 amide bonds. The predicted molar refractivity (Wildman–Crippen MR) is 37.2 cm³/mol. The molecule has 0 aliphatic carbocycles. The smallest absolute Gasteiger partial charge is 0.445 e. The van der Waals surface area contributed by atoms with E-state index >= 15 is 0 Å². The Morgan fingerprint density at radius 1 is 1.33 bits per heavy atom. The van der Waals surface area contributed by atoms with Crippen LogP contribution in [0.1, 0.15) is 12.8 Å². The molecule has 0 spiro atoms. The van der Waals surface area contributed by atoms with Crippen LogP contribution in [-0.4, -0.2) is 20.2 Å². The van der Waals surface area contributed by atoms with Gasteiger partial charge in [0.1, 0.15) is 0 Å². The van der Waals surface area contributed by atoms with Gasteiger partial charge in [-0.05, 0) is 12.8 Å². The quantitative estimate of drug-likeness (QED) is 0.503. The van der Waals surface area contributed by atoms with Crippen LogP contribution in [0.15, 0.2) is 11.5 Å². The molecule has 0 N–H and O–H groups in total. The number of hydrogen-bond acceptors (Lipinski definition) is 1. The second-order valence-corrected chi connectivity index (χ2v) is 2.55. The molecular weight excluding hydrogens is 195 g/mol. The van der Waals surface area contributed by atoms with Crippen LogP contribution in [0.4, 0.5) is 12.9 Å². The molecule has 0 saturated heterocycles. The van der Waals surface area contributed by atoms with Crippen molar-refractivity contribution in [2.24, 2.45) is 0 Å². The van der Waals surface area contributed by atoms with Crippen LogP contribution in [0.2, 0.25) is 0 Å². The zero-order chi connectivity index (χ0) is 8.32. The summed E-state index contributed by atoms with van der Waals surface area (Å²) in [7, 11) is 0. The first-order valence-corrected chi connectivity index (χ1v) is 3.57. The molecule has 0 radical (unpaired) electrons. The minimum absolute atomic E-state index is 0. The molecule has 0 fully saturated rings. The third kappa shape index (κ3) is 4.43. The van der Waals surface area contributed by atoms with E-state index in [1.165, 1.54) is 6.08 Å². The van der Waals surface area contributed by atoms with E-state index < -0.39 is 12.4 Å². The van der Waals surface area contributed by atoms with Crippen molar-refractivity contribution in [1.82, 2.24) is 0 Å². The maximum absolute atomic E-state index is 12.0. The van der Waals surface area contributed by atoms with Gasteiger partial charge in [-0.1, -0.05) is 0 Å². The second-order valence-electron chi connectivity index (χ2n) is 2.55. The van der Waals surface area contributed by atoms with Crippen molar-refractivity contribution in [3.8, 4) is 0 Å². The molecule has 0 bridgehead atoms. The molecule has 0 aromatic heterocycles. The predicted octanol–water partition coefficient (Wildman–Crippen LogP) is -0.886. The molecule has 1 heterocycles. The molecule has 0 aromatic carbocycles. The van der Waals surface area contributed by atoms with Gasteiger partial charge in [0.25, 0.3) is 0 Å². The van der Waals surface area contributed by atoms with Gasteiger partial charge >= 0.3 is 58.4 Å². The summed E-state index contributed by atoms with van der Waals surface area (Å²) in [5, 5.41) is 0. The van der Waals surface area contributed by atoms with Crippen molar-refractivity contribution < 1.29 is 69.1 Å². The zero-order valence-corrected chi connectivity index (χ0v) is 10.1. The van der Waals surface area contributed by atoms with Gasteiger partial charge in [0.2, 0.25) is 0 Å². The molecule has 1 nitrogen and oxygen atoms in total. The maximum atomic E-state index is 12.0. The summed E-state index contributed by atoms with van der Waals surface area (Å²) in [4.78, 5) is 0. The van der Waals surface area contributed by atoms with Crippen LogP contribution in [-0.2, 0) is 4.74 Å². The van der Waals surface area contributed by atoms with E-state index in [0.29, 0.717) is 19.4 Å².